The second-order valence-corrected chi connectivity index (χ2v) is 13.8. The quantitative estimate of drug-likeness (QED) is 0.253. The molecule has 2 aromatic rings. The van der Waals surface area contributed by atoms with E-state index in [1.165, 1.54) is 12.1 Å². The van der Waals surface area contributed by atoms with Crippen LogP contribution >= 0.6 is 0 Å². The Morgan fingerprint density at radius 1 is 1.07 bits per heavy atom. The number of nitrogens with zero attached hydrogens (tertiary/aromatic N) is 3. The number of aromatic nitrogens is 2. The van der Waals surface area contributed by atoms with Crippen LogP contribution in [0.15, 0.2) is 30.5 Å². The maximum atomic E-state index is 15.6. The molecule has 1 aliphatic carbocycles. The van der Waals surface area contributed by atoms with E-state index >= 15 is 4.39 Å². The lowest BCUT2D eigenvalue weighted by Crippen LogP contribution is -2.53. The SMILES string of the molecule is CCC(=O)N[C@@H](C(=O)N1CCOCC1)[C@@H](C)c1ccc(NC(=O)[Si](NC(=O)c2ccnn2CC)C2CCCCCC2)c(F)c1. The van der Waals surface area contributed by atoms with Gasteiger partial charge in [0.1, 0.15) is 17.6 Å². The number of nitrogens with one attached hydrogen (secondary N) is 3. The van der Waals surface area contributed by atoms with Crippen LogP contribution in [0.4, 0.5) is 14.9 Å². The maximum absolute atomic E-state index is 15.6. The van der Waals surface area contributed by atoms with Gasteiger partial charge in [-0.15, -0.1) is 0 Å². The lowest BCUT2D eigenvalue weighted by molar-refractivity contribution is -0.140. The third-order valence-electron chi connectivity index (χ3n) is 8.50. The lowest BCUT2D eigenvalue weighted by Gasteiger charge is -2.33. The maximum Gasteiger partial charge on any atom is 0.284 e. The molecule has 11 nitrogen and oxygen atoms in total. The van der Waals surface area contributed by atoms with Crippen molar-refractivity contribution in [2.24, 2.45) is 0 Å². The van der Waals surface area contributed by atoms with E-state index in [0.717, 1.165) is 38.5 Å². The van der Waals surface area contributed by atoms with Crippen molar-refractivity contribution in [3.05, 3.63) is 47.5 Å². The minimum absolute atomic E-state index is 0.00331. The minimum atomic E-state index is -2.15. The first-order valence-corrected chi connectivity index (χ1v) is 17.3. The molecular weight excluding hydrogens is 583 g/mol. The number of aryl methyl sites for hydroxylation is 1. The Morgan fingerprint density at radius 3 is 2.41 bits per heavy atom. The monoisotopic (exact) mass is 627 g/mol. The second-order valence-electron chi connectivity index (χ2n) is 11.4. The Balaban J connectivity index is 1.52. The van der Waals surface area contributed by atoms with Gasteiger partial charge in [0.2, 0.25) is 17.3 Å². The first kappa shape index (κ1) is 33.3. The van der Waals surface area contributed by atoms with Crippen molar-refractivity contribution in [2.45, 2.75) is 89.8 Å². The van der Waals surface area contributed by atoms with Crippen molar-refractivity contribution in [1.82, 2.24) is 25.0 Å². The molecule has 1 aromatic carbocycles. The van der Waals surface area contributed by atoms with Gasteiger partial charge in [0.25, 0.3) is 14.9 Å². The molecule has 2 aliphatic rings. The second kappa shape index (κ2) is 15.9. The summed E-state index contributed by atoms with van der Waals surface area (Å²) in [4.78, 5) is 57.3. The van der Waals surface area contributed by atoms with E-state index < -0.39 is 26.7 Å². The Kier molecular flexibility index (Phi) is 12.1. The Morgan fingerprint density at radius 2 is 1.77 bits per heavy atom. The molecule has 1 aliphatic heterocycles. The third kappa shape index (κ3) is 8.32. The molecule has 239 valence electrons. The molecule has 44 heavy (non-hydrogen) atoms. The van der Waals surface area contributed by atoms with Gasteiger partial charge in [-0.3, -0.25) is 23.9 Å². The molecular formula is C31H44FN6O5Si. The molecule has 0 spiro atoms. The number of hydrogen-bond donors (Lipinski definition) is 3. The van der Waals surface area contributed by atoms with E-state index in [4.69, 9.17) is 4.74 Å². The summed E-state index contributed by atoms with van der Waals surface area (Å²) in [6.07, 6.45) is 7.57. The standard InChI is InChI=1S/C31H44FN6O5Si/c1-4-27(39)35-28(30(41)37-16-18-43-19-17-37)21(3)22-12-13-25(24(32)20-22)34-31(42)44(23-10-8-6-7-9-11-23)36-29(40)26-14-15-33-38(26)5-2/h12-15,20-21,23,28H,4-11,16-19H2,1-3H3,(H,34,42)(H,35,39)(H,36,40)/t21-,28+/m0/s1. The highest BCUT2D eigenvalue weighted by Gasteiger charge is 2.36. The summed E-state index contributed by atoms with van der Waals surface area (Å²) in [5.74, 6) is -2.05. The molecule has 1 saturated heterocycles. The molecule has 2 heterocycles. The summed E-state index contributed by atoms with van der Waals surface area (Å²) in [6, 6.07) is 5.20. The van der Waals surface area contributed by atoms with Crippen LogP contribution in [0.1, 0.15) is 87.7 Å². The molecule has 2 atom stereocenters. The summed E-state index contributed by atoms with van der Waals surface area (Å²) in [5.41, 5.74) is 0.536. The highest BCUT2D eigenvalue weighted by atomic mass is 28.3. The van der Waals surface area contributed by atoms with Crippen LogP contribution in [0.25, 0.3) is 0 Å². The van der Waals surface area contributed by atoms with E-state index in [2.05, 4.69) is 20.7 Å². The zero-order chi connectivity index (χ0) is 31.6. The van der Waals surface area contributed by atoms with Crippen LogP contribution in [0.2, 0.25) is 5.54 Å². The van der Waals surface area contributed by atoms with Crippen LogP contribution in [-0.2, 0) is 20.9 Å². The average Bonchev–Trinajstić information content (AvgIpc) is 3.37. The molecule has 3 N–H and O–H groups in total. The molecule has 4 rings (SSSR count). The van der Waals surface area contributed by atoms with Gasteiger partial charge in [-0.25, -0.2) is 4.39 Å². The molecule has 1 radical (unpaired) electrons. The smallest absolute Gasteiger partial charge is 0.284 e. The fourth-order valence-corrected chi connectivity index (χ4v) is 8.15. The number of rotatable bonds is 11. The predicted molar refractivity (Wildman–Crippen MR) is 166 cm³/mol. The van der Waals surface area contributed by atoms with E-state index in [-0.39, 0.29) is 40.9 Å². The summed E-state index contributed by atoms with van der Waals surface area (Å²) >= 11 is 0. The number of carbonyl (C=O) groups is 4. The Hall–Kier alpha value is -3.58. The van der Waals surface area contributed by atoms with Gasteiger partial charge in [-0.1, -0.05) is 58.4 Å². The molecule has 1 aromatic heterocycles. The molecule has 13 heteroatoms. The summed E-state index contributed by atoms with van der Waals surface area (Å²) in [5, 5.41) is 9.74. The van der Waals surface area contributed by atoms with Crippen LogP contribution in [0, 0.1) is 5.82 Å². The molecule has 1 saturated carbocycles. The number of amides is 4. The van der Waals surface area contributed by atoms with Crippen molar-refractivity contribution < 1.29 is 28.3 Å². The van der Waals surface area contributed by atoms with E-state index in [1.54, 1.807) is 41.8 Å². The normalized spacial score (nSPS) is 17.4. The topological polar surface area (TPSA) is 135 Å². The van der Waals surface area contributed by atoms with Gasteiger partial charge >= 0.3 is 0 Å². The van der Waals surface area contributed by atoms with Crippen molar-refractivity contribution in [1.29, 1.82) is 0 Å². The minimum Gasteiger partial charge on any atom is -0.378 e. The first-order chi connectivity index (χ1) is 21.2. The molecule has 2 fully saturated rings. The summed E-state index contributed by atoms with van der Waals surface area (Å²) < 4.78 is 22.5. The van der Waals surface area contributed by atoms with Gasteiger partial charge in [0.15, 0.2) is 0 Å². The number of anilines is 1. The van der Waals surface area contributed by atoms with Crippen LogP contribution in [0.3, 0.4) is 0 Å². The highest BCUT2D eigenvalue weighted by molar-refractivity contribution is 6.92. The van der Waals surface area contributed by atoms with Crippen LogP contribution in [0.5, 0.6) is 0 Å². The summed E-state index contributed by atoms with van der Waals surface area (Å²) in [7, 11) is -2.15. The van der Waals surface area contributed by atoms with Crippen molar-refractivity contribution in [3.63, 3.8) is 0 Å². The predicted octanol–water partition coefficient (Wildman–Crippen LogP) is 4.16. The van der Waals surface area contributed by atoms with Crippen molar-refractivity contribution in [2.75, 3.05) is 31.6 Å². The average molecular weight is 628 g/mol. The Bertz CT molecular complexity index is 1310. The van der Waals surface area contributed by atoms with Gasteiger partial charge in [-0.2, -0.15) is 5.10 Å². The van der Waals surface area contributed by atoms with Crippen LogP contribution < -0.4 is 15.6 Å². The molecule has 0 unspecified atom stereocenters. The number of morpholine rings is 1. The lowest BCUT2D eigenvalue weighted by atomic mass is 9.91. The Labute approximate surface area is 260 Å². The zero-order valence-corrected chi connectivity index (χ0v) is 26.9. The van der Waals surface area contributed by atoms with Crippen molar-refractivity contribution >= 4 is 37.9 Å². The zero-order valence-electron chi connectivity index (χ0n) is 25.9. The van der Waals surface area contributed by atoms with Gasteiger partial charge < -0.3 is 25.3 Å². The number of ether oxygens (including phenoxy) is 1. The van der Waals surface area contributed by atoms with E-state index in [9.17, 15) is 19.2 Å². The van der Waals surface area contributed by atoms with Gasteiger partial charge in [0, 0.05) is 38.2 Å². The van der Waals surface area contributed by atoms with Crippen LogP contribution in [-0.4, -0.2) is 79.2 Å². The van der Waals surface area contributed by atoms with E-state index in [1.807, 2.05) is 6.92 Å². The first-order valence-electron chi connectivity index (χ1n) is 15.7. The summed E-state index contributed by atoms with van der Waals surface area (Å²) in [6.45, 7) is 7.57. The largest absolute Gasteiger partial charge is 0.378 e. The van der Waals surface area contributed by atoms with Gasteiger partial charge in [0.05, 0.1) is 18.9 Å². The molecule has 0 bridgehead atoms. The number of carbonyl (C=O) groups excluding carboxylic acids is 4. The number of halogens is 1. The van der Waals surface area contributed by atoms with E-state index in [0.29, 0.717) is 44.1 Å². The molecule has 4 amide bonds. The van der Waals surface area contributed by atoms with Gasteiger partial charge in [-0.05, 0) is 36.2 Å². The number of benzene rings is 1. The van der Waals surface area contributed by atoms with Crippen molar-refractivity contribution in [3.8, 4) is 0 Å². The fraction of sp³-hybridized carbons (Fsp3) is 0.581. The third-order valence-corrected chi connectivity index (χ3v) is 11.0. The fourth-order valence-electron chi connectivity index (χ4n) is 5.83. The highest BCUT2D eigenvalue weighted by Crippen LogP contribution is 2.31. The number of hydrogen-bond acceptors (Lipinski definition) is 6.